The van der Waals surface area contributed by atoms with Crippen molar-refractivity contribution >= 4 is 6.08 Å². The first-order valence-corrected chi connectivity index (χ1v) is 5.80. The zero-order valence-electron chi connectivity index (χ0n) is 9.32. The fourth-order valence-electron chi connectivity index (χ4n) is 1.98. The van der Waals surface area contributed by atoms with Crippen LogP contribution in [0.5, 0.6) is 0 Å². The van der Waals surface area contributed by atoms with Crippen molar-refractivity contribution in [1.29, 1.82) is 5.26 Å². The monoisotopic (exact) mass is 212 g/mol. The molecule has 0 saturated carbocycles. The van der Waals surface area contributed by atoms with E-state index in [1.165, 1.54) is 19.3 Å². The molecule has 16 heavy (non-hydrogen) atoms. The minimum Gasteiger partial charge on any atom is -0.311 e. The van der Waals surface area contributed by atoms with Gasteiger partial charge in [0.05, 0.1) is 11.6 Å². The lowest BCUT2D eigenvalue weighted by molar-refractivity contribution is 0.455. The van der Waals surface area contributed by atoms with Gasteiger partial charge in [0.25, 0.3) is 0 Å². The SMILES string of the molecule is N#Cc1cccc(/C=C/C2CCCCN2)c1. The highest BCUT2D eigenvalue weighted by molar-refractivity contribution is 5.52. The highest BCUT2D eigenvalue weighted by Crippen LogP contribution is 2.11. The van der Waals surface area contributed by atoms with E-state index in [2.05, 4.69) is 23.5 Å². The molecule has 1 atom stereocenters. The number of benzene rings is 1. The molecular formula is C14H16N2. The van der Waals surface area contributed by atoms with Crippen LogP contribution in [0.3, 0.4) is 0 Å². The summed E-state index contributed by atoms with van der Waals surface area (Å²) in [5, 5.41) is 12.3. The predicted octanol–water partition coefficient (Wildman–Crippen LogP) is 2.71. The maximum absolute atomic E-state index is 8.79. The van der Waals surface area contributed by atoms with Crippen LogP contribution in [-0.4, -0.2) is 12.6 Å². The summed E-state index contributed by atoms with van der Waals surface area (Å²) in [5.41, 5.74) is 1.82. The van der Waals surface area contributed by atoms with Gasteiger partial charge >= 0.3 is 0 Å². The third kappa shape index (κ3) is 2.95. The first-order chi connectivity index (χ1) is 7.88. The molecule has 0 aliphatic carbocycles. The number of hydrogen-bond acceptors (Lipinski definition) is 2. The van der Waals surface area contributed by atoms with Gasteiger partial charge in [-0.3, -0.25) is 0 Å². The van der Waals surface area contributed by atoms with E-state index in [4.69, 9.17) is 5.26 Å². The van der Waals surface area contributed by atoms with Crippen LogP contribution in [-0.2, 0) is 0 Å². The average molecular weight is 212 g/mol. The maximum Gasteiger partial charge on any atom is 0.0991 e. The highest BCUT2D eigenvalue weighted by Gasteiger charge is 2.08. The van der Waals surface area contributed by atoms with Gasteiger partial charge in [-0.2, -0.15) is 5.26 Å². The Balaban J connectivity index is 2.02. The molecule has 1 unspecified atom stereocenters. The van der Waals surface area contributed by atoms with Crippen LogP contribution in [0.2, 0.25) is 0 Å². The molecule has 0 bridgehead atoms. The molecule has 0 aromatic heterocycles. The van der Waals surface area contributed by atoms with E-state index >= 15 is 0 Å². The molecule has 0 amide bonds. The Hall–Kier alpha value is -1.59. The Morgan fingerprint density at radius 2 is 2.31 bits per heavy atom. The van der Waals surface area contributed by atoms with Gasteiger partial charge in [0.1, 0.15) is 0 Å². The summed E-state index contributed by atoms with van der Waals surface area (Å²) in [6.07, 6.45) is 8.11. The van der Waals surface area contributed by atoms with Crippen molar-refractivity contribution in [2.75, 3.05) is 6.54 Å². The summed E-state index contributed by atoms with van der Waals surface area (Å²) in [6, 6.07) is 10.4. The van der Waals surface area contributed by atoms with E-state index < -0.39 is 0 Å². The third-order valence-electron chi connectivity index (χ3n) is 2.89. The molecule has 1 fully saturated rings. The second-order valence-corrected chi connectivity index (χ2v) is 4.15. The Bertz CT molecular complexity index is 409. The zero-order valence-corrected chi connectivity index (χ0v) is 9.32. The lowest BCUT2D eigenvalue weighted by atomic mass is 10.0. The molecular weight excluding hydrogens is 196 g/mol. The van der Waals surface area contributed by atoms with Crippen LogP contribution in [0, 0.1) is 11.3 Å². The Labute approximate surface area is 96.6 Å². The van der Waals surface area contributed by atoms with Crippen LogP contribution in [0.4, 0.5) is 0 Å². The first-order valence-electron chi connectivity index (χ1n) is 5.80. The first kappa shape index (κ1) is 10.9. The van der Waals surface area contributed by atoms with Crippen LogP contribution >= 0.6 is 0 Å². The molecule has 0 spiro atoms. The molecule has 1 N–H and O–H groups in total. The molecule has 1 saturated heterocycles. The Morgan fingerprint density at radius 1 is 1.38 bits per heavy atom. The molecule has 1 aliphatic heterocycles. The summed E-state index contributed by atoms with van der Waals surface area (Å²) in [7, 11) is 0. The number of rotatable bonds is 2. The Morgan fingerprint density at radius 3 is 3.06 bits per heavy atom. The molecule has 2 heteroatoms. The third-order valence-corrected chi connectivity index (χ3v) is 2.89. The summed E-state index contributed by atoms with van der Waals surface area (Å²) >= 11 is 0. The van der Waals surface area contributed by atoms with E-state index in [0.29, 0.717) is 6.04 Å². The minimum atomic E-state index is 0.500. The quantitative estimate of drug-likeness (QED) is 0.818. The molecule has 0 radical (unpaired) electrons. The standard InChI is InChI=1S/C14H16N2/c15-11-13-5-3-4-12(10-13)7-8-14-6-1-2-9-16-14/h3-5,7-8,10,14,16H,1-2,6,9H2/b8-7+. The highest BCUT2D eigenvalue weighted by atomic mass is 14.9. The minimum absolute atomic E-state index is 0.500. The normalized spacial score (nSPS) is 20.8. The van der Waals surface area contributed by atoms with E-state index in [-0.39, 0.29) is 0 Å². The van der Waals surface area contributed by atoms with E-state index in [0.717, 1.165) is 17.7 Å². The van der Waals surface area contributed by atoms with Crippen molar-refractivity contribution in [3.63, 3.8) is 0 Å². The smallest absolute Gasteiger partial charge is 0.0991 e. The summed E-state index contributed by atoms with van der Waals surface area (Å²) < 4.78 is 0. The molecule has 1 aliphatic rings. The van der Waals surface area contributed by atoms with E-state index in [1.807, 2.05) is 24.3 Å². The van der Waals surface area contributed by atoms with Crippen molar-refractivity contribution in [1.82, 2.24) is 5.32 Å². The second kappa shape index (κ2) is 5.48. The van der Waals surface area contributed by atoms with Crippen LogP contribution in [0.15, 0.2) is 30.3 Å². The molecule has 2 nitrogen and oxygen atoms in total. The van der Waals surface area contributed by atoms with Gasteiger partial charge in [-0.1, -0.05) is 30.7 Å². The van der Waals surface area contributed by atoms with Crippen molar-refractivity contribution in [3.05, 3.63) is 41.5 Å². The van der Waals surface area contributed by atoms with E-state index in [9.17, 15) is 0 Å². The van der Waals surface area contributed by atoms with Gasteiger partial charge in [0, 0.05) is 6.04 Å². The predicted molar refractivity (Wildman–Crippen MR) is 65.8 cm³/mol. The van der Waals surface area contributed by atoms with Crippen LogP contribution in [0.25, 0.3) is 6.08 Å². The summed E-state index contributed by atoms with van der Waals surface area (Å²) in [6.45, 7) is 1.12. The summed E-state index contributed by atoms with van der Waals surface area (Å²) in [4.78, 5) is 0. The number of nitrogens with one attached hydrogen (secondary N) is 1. The van der Waals surface area contributed by atoms with Crippen LogP contribution in [0.1, 0.15) is 30.4 Å². The van der Waals surface area contributed by atoms with Gasteiger partial charge in [-0.05, 0) is 37.1 Å². The molecule has 1 aromatic rings. The average Bonchev–Trinajstić information content (AvgIpc) is 2.38. The molecule has 1 heterocycles. The topological polar surface area (TPSA) is 35.8 Å². The van der Waals surface area contributed by atoms with E-state index in [1.54, 1.807) is 0 Å². The largest absolute Gasteiger partial charge is 0.311 e. The van der Waals surface area contributed by atoms with Crippen molar-refractivity contribution in [2.24, 2.45) is 0 Å². The maximum atomic E-state index is 8.79. The fourth-order valence-corrected chi connectivity index (χ4v) is 1.98. The fraction of sp³-hybridized carbons (Fsp3) is 0.357. The van der Waals surface area contributed by atoms with Gasteiger partial charge in [0.15, 0.2) is 0 Å². The Kier molecular flexibility index (Phi) is 3.74. The molecule has 2 rings (SSSR count). The summed E-state index contributed by atoms with van der Waals surface area (Å²) in [5.74, 6) is 0. The molecule has 82 valence electrons. The van der Waals surface area contributed by atoms with Gasteiger partial charge in [-0.15, -0.1) is 0 Å². The zero-order chi connectivity index (χ0) is 11.2. The van der Waals surface area contributed by atoms with Crippen molar-refractivity contribution in [2.45, 2.75) is 25.3 Å². The molecule has 1 aromatic carbocycles. The van der Waals surface area contributed by atoms with Crippen molar-refractivity contribution in [3.8, 4) is 6.07 Å². The van der Waals surface area contributed by atoms with Gasteiger partial charge < -0.3 is 5.32 Å². The lowest BCUT2D eigenvalue weighted by Crippen LogP contribution is -2.31. The lowest BCUT2D eigenvalue weighted by Gasteiger charge is -2.19. The number of piperidine rings is 1. The van der Waals surface area contributed by atoms with Crippen LogP contribution < -0.4 is 5.32 Å². The van der Waals surface area contributed by atoms with Gasteiger partial charge in [0.2, 0.25) is 0 Å². The van der Waals surface area contributed by atoms with Gasteiger partial charge in [-0.25, -0.2) is 0 Å². The number of nitriles is 1. The second-order valence-electron chi connectivity index (χ2n) is 4.15. The number of hydrogen-bond donors (Lipinski definition) is 1. The van der Waals surface area contributed by atoms with Crippen molar-refractivity contribution < 1.29 is 0 Å². The number of nitrogens with zero attached hydrogens (tertiary/aromatic N) is 1.